The zero-order valence-corrected chi connectivity index (χ0v) is 16.3. The predicted molar refractivity (Wildman–Crippen MR) is 99.1 cm³/mol. The van der Waals surface area contributed by atoms with Crippen LogP contribution >= 0.6 is 0 Å². The van der Waals surface area contributed by atoms with Gasteiger partial charge in [0.25, 0.3) is 5.91 Å². The third kappa shape index (κ3) is 3.51. The number of aromatic nitrogens is 1. The Kier molecular flexibility index (Phi) is 4.55. The summed E-state index contributed by atoms with van der Waals surface area (Å²) in [5.74, 6) is 0.974. The van der Waals surface area contributed by atoms with Gasteiger partial charge in [-0.05, 0) is 49.9 Å². The van der Waals surface area contributed by atoms with E-state index in [1.165, 1.54) is 4.31 Å². The molecule has 0 N–H and O–H groups in total. The van der Waals surface area contributed by atoms with Gasteiger partial charge in [0.2, 0.25) is 10.0 Å². The quantitative estimate of drug-likeness (QED) is 0.801. The number of benzene rings is 1. The minimum atomic E-state index is -3.55. The van der Waals surface area contributed by atoms with Crippen LogP contribution in [0, 0.1) is 13.8 Å². The molecule has 1 amide bonds. The van der Waals surface area contributed by atoms with Gasteiger partial charge in [0, 0.05) is 38.2 Å². The molecule has 2 heterocycles. The largest absolute Gasteiger partial charge is 0.360 e. The Morgan fingerprint density at radius 3 is 2.41 bits per heavy atom. The summed E-state index contributed by atoms with van der Waals surface area (Å²) in [5, 5.41) is 3.89. The highest BCUT2D eigenvalue weighted by atomic mass is 32.2. The fraction of sp³-hybridized carbons (Fsp3) is 0.474. The lowest BCUT2D eigenvalue weighted by atomic mass is 10.1. The van der Waals surface area contributed by atoms with Gasteiger partial charge in [0.1, 0.15) is 5.76 Å². The minimum absolute atomic E-state index is 0.200. The average Bonchev–Trinajstić information content (AvgIpc) is 3.40. The van der Waals surface area contributed by atoms with Gasteiger partial charge in [0.15, 0.2) is 5.69 Å². The van der Waals surface area contributed by atoms with Gasteiger partial charge >= 0.3 is 0 Å². The topological polar surface area (TPSA) is 83.7 Å². The summed E-state index contributed by atoms with van der Waals surface area (Å²) in [5.41, 5.74) is 2.31. The van der Waals surface area contributed by atoms with E-state index in [1.807, 2.05) is 19.9 Å². The monoisotopic (exact) mass is 389 g/mol. The lowest BCUT2D eigenvalue weighted by molar-refractivity contribution is 0.0687. The van der Waals surface area contributed by atoms with Crippen molar-refractivity contribution in [2.75, 3.05) is 26.2 Å². The lowest BCUT2D eigenvalue weighted by Crippen LogP contribution is -2.50. The predicted octanol–water partition coefficient (Wildman–Crippen LogP) is 2.32. The molecular formula is C19H23N3O4S. The van der Waals surface area contributed by atoms with Crippen molar-refractivity contribution < 1.29 is 17.7 Å². The van der Waals surface area contributed by atoms with Crippen molar-refractivity contribution >= 4 is 15.9 Å². The lowest BCUT2D eigenvalue weighted by Gasteiger charge is -2.33. The number of nitrogens with zero attached hydrogens (tertiary/aromatic N) is 3. The smallest absolute Gasteiger partial charge is 0.276 e. The Morgan fingerprint density at radius 2 is 1.78 bits per heavy atom. The Hall–Kier alpha value is -2.19. The van der Waals surface area contributed by atoms with Crippen molar-refractivity contribution in [3.05, 3.63) is 46.8 Å². The van der Waals surface area contributed by atoms with Crippen LogP contribution in [0.15, 0.2) is 33.7 Å². The third-order valence-corrected chi connectivity index (χ3v) is 7.26. The Labute approximate surface area is 159 Å². The highest BCUT2D eigenvalue weighted by molar-refractivity contribution is 7.89. The van der Waals surface area contributed by atoms with Crippen molar-refractivity contribution in [1.29, 1.82) is 0 Å². The maximum absolute atomic E-state index is 12.9. The van der Waals surface area contributed by atoms with E-state index in [0.717, 1.165) is 29.7 Å². The molecule has 0 radical (unpaired) electrons. The van der Waals surface area contributed by atoms with Gasteiger partial charge in [-0.2, -0.15) is 4.31 Å². The van der Waals surface area contributed by atoms with Gasteiger partial charge in [0.05, 0.1) is 4.90 Å². The minimum Gasteiger partial charge on any atom is -0.360 e. The molecule has 4 rings (SSSR count). The van der Waals surface area contributed by atoms with Crippen LogP contribution in [-0.2, 0) is 10.0 Å². The van der Waals surface area contributed by atoms with Crippen molar-refractivity contribution in [3.63, 3.8) is 0 Å². The first-order valence-corrected chi connectivity index (χ1v) is 10.6. The number of piperazine rings is 1. The van der Waals surface area contributed by atoms with Crippen LogP contribution in [0.3, 0.4) is 0 Å². The van der Waals surface area contributed by atoms with Crippen LogP contribution in [-0.4, -0.2) is 54.9 Å². The van der Waals surface area contributed by atoms with Crippen LogP contribution in [0.5, 0.6) is 0 Å². The van der Waals surface area contributed by atoms with Gasteiger partial charge in [-0.1, -0.05) is 11.2 Å². The second-order valence-electron chi connectivity index (χ2n) is 7.33. The number of carbonyl (C=O) groups is 1. The molecule has 0 spiro atoms. The Bertz CT molecular complexity index is 971. The van der Waals surface area contributed by atoms with Crippen molar-refractivity contribution in [1.82, 2.24) is 14.4 Å². The standard InChI is InChI=1S/C19H23N3O4S/c1-13-3-6-16(11-14(13)2)27(24,25)22-9-7-21(8-10-22)19(23)17-12-18(26-20-17)15-4-5-15/h3,6,11-12,15H,4-5,7-10H2,1-2H3. The van der Waals surface area contributed by atoms with E-state index in [1.54, 1.807) is 23.1 Å². The van der Waals surface area contributed by atoms with Gasteiger partial charge in [-0.25, -0.2) is 8.42 Å². The number of aryl methyl sites for hydroxylation is 2. The van der Waals surface area contributed by atoms with E-state index in [0.29, 0.717) is 29.6 Å². The number of rotatable bonds is 4. The Morgan fingerprint density at radius 1 is 1.07 bits per heavy atom. The maximum Gasteiger partial charge on any atom is 0.276 e. The molecule has 1 aliphatic heterocycles. The third-order valence-electron chi connectivity index (χ3n) is 5.37. The van der Waals surface area contributed by atoms with Crippen molar-refractivity contribution in [3.8, 4) is 0 Å². The van der Waals surface area contributed by atoms with E-state index in [9.17, 15) is 13.2 Å². The molecule has 2 fully saturated rings. The summed E-state index contributed by atoms with van der Waals surface area (Å²) >= 11 is 0. The summed E-state index contributed by atoms with van der Waals surface area (Å²) in [4.78, 5) is 14.5. The second-order valence-corrected chi connectivity index (χ2v) is 9.27. The van der Waals surface area contributed by atoms with Gasteiger partial charge in [-0.15, -0.1) is 0 Å². The Balaban J connectivity index is 1.43. The molecule has 144 valence electrons. The van der Waals surface area contributed by atoms with Crippen LogP contribution in [0.25, 0.3) is 0 Å². The molecule has 8 heteroatoms. The molecule has 27 heavy (non-hydrogen) atoms. The molecule has 1 aromatic carbocycles. The zero-order valence-electron chi connectivity index (χ0n) is 15.5. The molecule has 1 aromatic heterocycles. The number of hydrogen-bond donors (Lipinski definition) is 0. The molecule has 0 atom stereocenters. The summed E-state index contributed by atoms with van der Waals surface area (Å²) in [6.07, 6.45) is 2.16. The molecule has 0 unspecified atom stereocenters. The first-order chi connectivity index (χ1) is 12.9. The summed E-state index contributed by atoms with van der Waals surface area (Å²) in [7, 11) is -3.55. The van der Waals surface area contributed by atoms with E-state index in [4.69, 9.17) is 4.52 Å². The van der Waals surface area contributed by atoms with E-state index >= 15 is 0 Å². The molecule has 1 saturated carbocycles. The summed E-state index contributed by atoms with van der Waals surface area (Å²) in [6.45, 7) is 5.08. The second kappa shape index (κ2) is 6.76. The average molecular weight is 389 g/mol. The first kappa shape index (κ1) is 18.2. The highest BCUT2D eigenvalue weighted by Gasteiger charge is 2.33. The van der Waals surface area contributed by atoms with E-state index < -0.39 is 10.0 Å². The van der Waals surface area contributed by atoms with Crippen LogP contribution in [0.2, 0.25) is 0 Å². The van der Waals surface area contributed by atoms with Crippen LogP contribution in [0.4, 0.5) is 0 Å². The summed E-state index contributed by atoms with van der Waals surface area (Å²) in [6, 6.07) is 6.89. The summed E-state index contributed by atoms with van der Waals surface area (Å²) < 4.78 is 32.4. The number of sulfonamides is 1. The van der Waals surface area contributed by atoms with Gasteiger partial charge < -0.3 is 9.42 Å². The fourth-order valence-corrected chi connectivity index (χ4v) is 4.78. The van der Waals surface area contributed by atoms with Crippen LogP contribution in [0.1, 0.15) is 46.1 Å². The number of amides is 1. The van der Waals surface area contributed by atoms with Crippen LogP contribution < -0.4 is 0 Å². The maximum atomic E-state index is 12.9. The highest BCUT2D eigenvalue weighted by Crippen LogP contribution is 2.40. The molecule has 0 bridgehead atoms. The van der Waals surface area contributed by atoms with Crippen molar-refractivity contribution in [2.24, 2.45) is 0 Å². The van der Waals surface area contributed by atoms with Gasteiger partial charge in [-0.3, -0.25) is 4.79 Å². The molecule has 2 aliphatic rings. The number of hydrogen-bond acceptors (Lipinski definition) is 5. The molecule has 2 aromatic rings. The first-order valence-electron chi connectivity index (χ1n) is 9.19. The molecule has 7 nitrogen and oxygen atoms in total. The molecule has 1 aliphatic carbocycles. The SMILES string of the molecule is Cc1ccc(S(=O)(=O)N2CCN(C(=O)c3cc(C4CC4)on3)CC2)cc1C. The normalized spacial score (nSPS) is 18.7. The van der Waals surface area contributed by atoms with Crippen molar-refractivity contribution in [2.45, 2.75) is 37.5 Å². The molecule has 1 saturated heterocycles. The van der Waals surface area contributed by atoms with E-state index in [2.05, 4.69) is 5.16 Å². The number of carbonyl (C=O) groups excluding carboxylic acids is 1. The molecular weight excluding hydrogens is 366 g/mol. The fourth-order valence-electron chi connectivity index (χ4n) is 3.27. The zero-order chi connectivity index (χ0) is 19.2. The van der Waals surface area contributed by atoms with E-state index in [-0.39, 0.29) is 19.0 Å².